The van der Waals surface area contributed by atoms with Gasteiger partial charge in [0.05, 0.1) is 5.69 Å². The first-order valence-corrected chi connectivity index (χ1v) is 17.9. The fraction of sp³-hybridized carbons (Fsp3) is 0. The Morgan fingerprint density at radius 1 is 0.300 bits per heavy atom. The maximum Gasteiger partial charge on any atom is 0.0540 e. The summed E-state index contributed by atoms with van der Waals surface area (Å²) in [5.74, 6) is 0. The molecule has 0 atom stereocenters. The predicted octanol–water partition coefficient (Wildman–Crippen LogP) is 14.3. The first-order chi connectivity index (χ1) is 24.7. The summed E-state index contributed by atoms with van der Waals surface area (Å²) in [7, 11) is 0. The van der Waals surface area contributed by atoms with E-state index >= 15 is 0 Å². The highest BCUT2D eigenvalue weighted by Crippen LogP contribution is 2.43. The maximum absolute atomic E-state index is 2.43. The second-order valence-corrected chi connectivity index (χ2v) is 14.1. The van der Waals surface area contributed by atoms with Gasteiger partial charge in [0.15, 0.2) is 0 Å². The van der Waals surface area contributed by atoms with Crippen molar-refractivity contribution < 1.29 is 0 Å². The summed E-state index contributed by atoms with van der Waals surface area (Å²) >= 11 is 1.86. The number of benzene rings is 9. The number of rotatable bonds is 5. The van der Waals surface area contributed by atoms with Crippen molar-refractivity contribution in [1.82, 2.24) is 0 Å². The average molecular weight is 654 g/mol. The molecule has 2 heteroatoms. The summed E-state index contributed by atoms with van der Waals surface area (Å²) in [5.41, 5.74) is 8.34. The van der Waals surface area contributed by atoms with E-state index in [1.807, 2.05) is 11.3 Å². The van der Waals surface area contributed by atoms with Crippen molar-refractivity contribution in [3.8, 4) is 22.3 Å². The molecule has 0 saturated heterocycles. The highest BCUT2D eigenvalue weighted by molar-refractivity contribution is 7.25. The van der Waals surface area contributed by atoms with Gasteiger partial charge in [-0.15, -0.1) is 11.3 Å². The smallest absolute Gasteiger partial charge is 0.0540 e. The van der Waals surface area contributed by atoms with E-state index in [2.05, 4.69) is 193 Å². The predicted molar refractivity (Wildman–Crippen MR) is 217 cm³/mol. The highest BCUT2D eigenvalue weighted by atomic mass is 32.1. The third-order valence-corrected chi connectivity index (χ3v) is 11.1. The molecule has 0 saturated carbocycles. The zero-order chi connectivity index (χ0) is 33.0. The van der Waals surface area contributed by atoms with Crippen molar-refractivity contribution >= 4 is 80.9 Å². The number of anilines is 3. The van der Waals surface area contributed by atoms with Crippen LogP contribution < -0.4 is 4.90 Å². The summed E-state index contributed by atoms with van der Waals surface area (Å²) in [6.07, 6.45) is 0. The molecule has 0 fully saturated rings. The van der Waals surface area contributed by atoms with Crippen molar-refractivity contribution in [1.29, 1.82) is 0 Å². The van der Waals surface area contributed by atoms with Crippen LogP contribution in [0.4, 0.5) is 17.1 Å². The van der Waals surface area contributed by atoms with Crippen LogP contribution in [0.2, 0.25) is 0 Å². The minimum absolute atomic E-state index is 1.14. The lowest BCUT2D eigenvalue weighted by molar-refractivity contribution is 1.31. The number of fused-ring (bicyclic) bond motifs is 6. The van der Waals surface area contributed by atoms with E-state index in [0.29, 0.717) is 0 Å². The summed E-state index contributed by atoms with van der Waals surface area (Å²) in [6.45, 7) is 0. The van der Waals surface area contributed by atoms with Crippen LogP contribution in [-0.2, 0) is 0 Å². The molecule has 1 nitrogen and oxygen atoms in total. The van der Waals surface area contributed by atoms with Gasteiger partial charge in [0.1, 0.15) is 0 Å². The van der Waals surface area contributed by atoms with Crippen LogP contribution in [-0.4, -0.2) is 0 Å². The zero-order valence-electron chi connectivity index (χ0n) is 27.3. The molecule has 0 unspecified atom stereocenters. The lowest BCUT2D eigenvalue weighted by atomic mass is 9.97. The molecule has 0 aliphatic carbocycles. The molecule has 1 heterocycles. The molecule has 0 N–H and O–H groups in total. The molecule has 9 aromatic carbocycles. The molecule has 234 valence electrons. The van der Waals surface area contributed by atoms with E-state index in [0.717, 1.165) is 11.4 Å². The fourth-order valence-electron chi connectivity index (χ4n) is 7.46. The molecule has 10 aromatic rings. The van der Waals surface area contributed by atoms with Crippen LogP contribution in [0, 0.1) is 0 Å². The largest absolute Gasteiger partial charge is 0.310 e. The van der Waals surface area contributed by atoms with Crippen LogP contribution in [0.5, 0.6) is 0 Å². The van der Waals surface area contributed by atoms with E-state index in [-0.39, 0.29) is 0 Å². The molecule has 10 rings (SSSR count). The lowest BCUT2D eigenvalue weighted by Gasteiger charge is -2.27. The molecule has 0 amide bonds. The van der Waals surface area contributed by atoms with E-state index in [1.165, 1.54) is 80.4 Å². The quantitative estimate of drug-likeness (QED) is 0.179. The number of hydrogen-bond acceptors (Lipinski definition) is 2. The van der Waals surface area contributed by atoms with Crippen LogP contribution in [0.15, 0.2) is 188 Å². The molecule has 50 heavy (non-hydrogen) atoms. The molecular weight excluding hydrogens is 623 g/mol. The number of hydrogen-bond donors (Lipinski definition) is 0. The molecule has 0 spiro atoms. The SMILES string of the molecule is c1ccc2cc(-c3ccc(-c4ccc5ccc(N(c6ccc7c(c6)sc6ccccc67)c6cccc7ccccc67)cc5c4)cc3)ccc2c1. The van der Waals surface area contributed by atoms with Gasteiger partial charge < -0.3 is 4.90 Å². The second-order valence-electron chi connectivity index (χ2n) is 13.0. The van der Waals surface area contributed by atoms with Crippen LogP contribution in [0.25, 0.3) is 74.7 Å². The van der Waals surface area contributed by atoms with Gasteiger partial charge in [-0.2, -0.15) is 0 Å². The van der Waals surface area contributed by atoms with Gasteiger partial charge in [-0.25, -0.2) is 0 Å². The molecule has 0 bridgehead atoms. The third-order valence-electron chi connectivity index (χ3n) is 10.0. The highest BCUT2D eigenvalue weighted by Gasteiger charge is 2.17. The third kappa shape index (κ3) is 4.92. The van der Waals surface area contributed by atoms with Crippen molar-refractivity contribution in [3.05, 3.63) is 188 Å². The number of thiophene rings is 1. The standard InChI is InChI=1S/C48H31NS/c1-2-10-37-28-38(22-20-32(37)8-1)33-16-18-34(19-17-33)39-23-21-35-24-25-41(30-40(35)29-39)49(46-14-7-11-36-9-3-4-12-43(36)46)42-26-27-45-44-13-5-6-15-47(44)50-48(45)31-42/h1-31H. The van der Waals surface area contributed by atoms with Crippen LogP contribution in [0.1, 0.15) is 0 Å². The average Bonchev–Trinajstić information content (AvgIpc) is 3.56. The van der Waals surface area contributed by atoms with Crippen molar-refractivity contribution in [2.24, 2.45) is 0 Å². The molecular formula is C48H31NS. The Kier molecular flexibility index (Phi) is 6.75. The van der Waals surface area contributed by atoms with Gasteiger partial charge in [-0.3, -0.25) is 0 Å². The zero-order valence-corrected chi connectivity index (χ0v) is 28.1. The fourth-order valence-corrected chi connectivity index (χ4v) is 8.60. The first kappa shape index (κ1) is 28.8. The van der Waals surface area contributed by atoms with Gasteiger partial charge in [-0.1, -0.05) is 140 Å². The van der Waals surface area contributed by atoms with E-state index < -0.39 is 0 Å². The maximum atomic E-state index is 2.43. The Morgan fingerprint density at radius 2 is 0.840 bits per heavy atom. The van der Waals surface area contributed by atoms with Crippen LogP contribution in [0.3, 0.4) is 0 Å². The van der Waals surface area contributed by atoms with Gasteiger partial charge in [0.2, 0.25) is 0 Å². The molecule has 0 aliphatic heterocycles. The Balaban J connectivity index is 1.08. The van der Waals surface area contributed by atoms with Gasteiger partial charge >= 0.3 is 0 Å². The van der Waals surface area contributed by atoms with Crippen molar-refractivity contribution in [2.45, 2.75) is 0 Å². The molecule has 0 radical (unpaired) electrons. The summed E-state index contributed by atoms with van der Waals surface area (Å²) in [6, 6.07) is 68.9. The minimum Gasteiger partial charge on any atom is -0.310 e. The second kappa shape index (κ2) is 11.7. The van der Waals surface area contributed by atoms with Gasteiger partial charge in [0, 0.05) is 36.9 Å². The molecule has 1 aromatic heterocycles. The van der Waals surface area contributed by atoms with E-state index in [9.17, 15) is 0 Å². The van der Waals surface area contributed by atoms with E-state index in [4.69, 9.17) is 0 Å². The number of nitrogens with zero attached hydrogens (tertiary/aromatic N) is 1. The minimum atomic E-state index is 1.14. The monoisotopic (exact) mass is 653 g/mol. The first-order valence-electron chi connectivity index (χ1n) is 17.1. The van der Waals surface area contributed by atoms with Gasteiger partial charge in [-0.05, 0) is 97.7 Å². The van der Waals surface area contributed by atoms with E-state index in [1.54, 1.807) is 0 Å². The Morgan fingerprint density at radius 3 is 1.64 bits per heavy atom. The summed E-state index contributed by atoms with van der Waals surface area (Å²) < 4.78 is 2.61. The lowest BCUT2D eigenvalue weighted by Crippen LogP contribution is -2.10. The van der Waals surface area contributed by atoms with Crippen molar-refractivity contribution in [2.75, 3.05) is 4.90 Å². The Bertz CT molecular complexity index is 2870. The summed E-state index contributed by atoms with van der Waals surface area (Å²) in [5, 5.41) is 10.1. The summed E-state index contributed by atoms with van der Waals surface area (Å²) in [4.78, 5) is 2.43. The van der Waals surface area contributed by atoms with Crippen LogP contribution >= 0.6 is 11.3 Å². The normalized spacial score (nSPS) is 11.6. The van der Waals surface area contributed by atoms with Crippen molar-refractivity contribution in [3.63, 3.8) is 0 Å². The Hall–Kier alpha value is -6.22. The van der Waals surface area contributed by atoms with Gasteiger partial charge in [0.25, 0.3) is 0 Å². The Labute approximate surface area is 294 Å². The molecule has 0 aliphatic rings. The topological polar surface area (TPSA) is 3.24 Å².